The quantitative estimate of drug-likeness (QED) is 0.595. The van der Waals surface area contributed by atoms with Gasteiger partial charge in [-0.25, -0.2) is 0 Å². The van der Waals surface area contributed by atoms with E-state index in [1.54, 1.807) is 0 Å². The Morgan fingerprint density at radius 1 is 1.23 bits per heavy atom. The number of hydrogen-bond donors (Lipinski definition) is 0. The molecule has 0 radical (unpaired) electrons. The number of carbonyl (C=O) groups excluding carboxylic acids is 1. The molecule has 0 aliphatic heterocycles. The van der Waals surface area contributed by atoms with Crippen molar-refractivity contribution in [2.45, 2.75) is 31.1 Å². The van der Waals surface area contributed by atoms with Crippen molar-refractivity contribution in [1.82, 2.24) is 0 Å². The van der Waals surface area contributed by atoms with Gasteiger partial charge in [-0.1, -0.05) is 18.2 Å². The fourth-order valence-electron chi connectivity index (χ4n) is 3.06. The molecule has 2 unspecified atom stereocenters. The maximum Gasteiger partial charge on any atom is 0.150 e. The van der Waals surface area contributed by atoms with E-state index in [4.69, 9.17) is 0 Å². The van der Waals surface area contributed by atoms with E-state index in [0.29, 0.717) is 5.92 Å². The van der Waals surface area contributed by atoms with Crippen LogP contribution >= 0.6 is 0 Å². The van der Waals surface area contributed by atoms with Gasteiger partial charge < -0.3 is 0 Å². The van der Waals surface area contributed by atoms with Gasteiger partial charge in [0.1, 0.15) is 6.29 Å². The molecule has 1 fully saturated rings. The van der Waals surface area contributed by atoms with Crippen LogP contribution in [0.25, 0.3) is 0 Å². The molecule has 0 N–H and O–H groups in total. The number of benzene rings is 1. The summed E-state index contributed by atoms with van der Waals surface area (Å²) >= 11 is 0. The monoisotopic (exact) mass is 172 g/mol. The minimum atomic E-state index is 0.696. The normalized spacial score (nSPS) is 28.9. The maximum absolute atomic E-state index is 10.8. The van der Waals surface area contributed by atoms with Crippen molar-refractivity contribution in [3.63, 3.8) is 0 Å². The summed E-state index contributed by atoms with van der Waals surface area (Å²) < 4.78 is 0. The Labute approximate surface area is 77.8 Å². The molecule has 0 heterocycles. The molecular formula is C12H12O. The average molecular weight is 172 g/mol. The third kappa shape index (κ3) is 0.846. The van der Waals surface area contributed by atoms with E-state index in [1.807, 2.05) is 12.1 Å². The van der Waals surface area contributed by atoms with Crippen molar-refractivity contribution in [1.29, 1.82) is 0 Å². The Balaban J connectivity index is 2.25. The molecule has 1 nitrogen and oxygen atoms in total. The first kappa shape index (κ1) is 7.31. The lowest BCUT2D eigenvalue weighted by molar-refractivity contribution is 0.112. The molecule has 2 atom stereocenters. The van der Waals surface area contributed by atoms with Crippen LogP contribution in [-0.2, 0) is 0 Å². The molecule has 0 amide bonds. The Morgan fingerprint density at radius 3 is 2.92 bits per heavy atom. The third-order valence-electron chi connectivity index (χ3n) is 3.58. The van der Waals surface area contributed by atoms with Crippen LogP contribution in [-0.4, -0.2) is 6.29 Å². The Bertz CT molecular complexity index is 367. The highest BCUT2D eigenvalue weighted by Gasteiger charge is 2.37. The molecule has 2 aliphatic carbocycles. The van der Waals surface area contributed by atoms with E-state index < -0.39 is 0 Å². The Hall–Kier alpha value is -1.11. The van der Waals surface area contributed by atoms with Gasteiger partial charge in [-0.05, 0) is 42.2 Å². The van der Waals surface area contributed by atoms with Gasteiger partial charge in [0.25, 0.3) is 0 Å². The van der Waals surface area contributed by atoms with Gasteiger partial charge in [0.15, 0.2) is 0 Å². The maximum atomic E-state index is 10.8. The summed E-state index contributed by atoms with van der Waals surface area (Å²) in [6.07, 6.45) is 4.93. The van der Waals surface area contributed by atoms with Gasteiger partial charge in [-0.15, -0.1) is 0 Å². The second kappa shape index (κ2) is 2.44. The second-order valence-corrected chi connectivity index (χ2v) is 4.17. The lowest BCUT2D eigenvalue weighted by Crippen LogP contribution is -2.01. The van der Waals surface area contributed by atoms with Crippen molar-refractivity contribution in [3.05, 3.63) is 34.9 Å². The zero-order chi connectivity index (χ0) is 8.84. The number of rotatable bonds is 1. The van der Waals surface area contributed by atoms with E-state index >= 15 is 0 Å². The summed E-state index contributed by atoms with van der Waals surface area (Å²) in [5, 5.41) is 0. The van der Waals surface area contributed by atoms with Crippen LogP contribution in [0.1, 0.15) is 52.6 Å². The van der Waals surface area contributed by atoms with Crippen molar-refractivity contribution >= 4 is 6.29 Å². The molecule has 1 aromatic rings. The average Bonchev–Trinajstić information content (AvgIpc) is 2.77. The first-order chi connectivity index (χ1) is 6.40. The summed E-state index contributed by atoms with van der Waals surface area (Å²) in [6, 6.07) is 6.17. The molecule has 1 heteroatoms. The molecule has 0 saturated heterocycles. The van der Waals surface area contributed by atoms with Gasteiger partial charge >= 0.3 is 0 Å². The van der Waals surface area contributed by atoms with Gasteiger partial charge in [0.2, 0.25) is 0 Å². The van der Waals surface area contributed by atoms with Gasteiger partial charge in [-0.2, -0.15) is 0 Å². The topological polar surface area (TPSA) is 17.1 Å². The van der Waals surface area contributed by atoms with Crippen LogP contribution in [0.15, 0.2) is 18.2 Å². The molecule has 66 valence electrons. The minimum absolute atomic E-state index is 0.696. The number of hydrogen-bond acceptors (Lipinski definition) is 1. The Morgan fingerprint density at radius 2 is 2.08 bits per heavy atom. The lowest BCUT2D eigenvalue weighted by atomic mass is 9.89. The fraction of sp³-hybridized carbons (Fsp3) is 0.417. The molecule has 0 aromatic heterocycles. The highest BCUT2D eigenvalue weighted by molar-refractivity contribution is 5.79. The predicted molar refractivity (Wildman–Crippen MR) is 51.2 cm³/mol. The molecular weight excluding hydrogens is 160 g/mol. The van der Waals surface area contributed by atoms with Gasteiger partial charge in [0, 0.05) is 5.56 Å². The first-order valence-electron chi connectivity index (χ1n) is 4.98. The molecule has 2 bridgehead atoms. The lowest BCUT2D eigenvalue weighted by Gasteiger charge is -2.15. The zero-order valence-electron chi connectivity index (χ0n) is 7.49. The van der Waals surface area contributed by atoms with Crippen molar-refractivity contribution in [3.8, 4) is 0 Å². The summed E-state index contributed by atoms with van der Waals surface area (Å²) in [5.74, 6) is 1.46. The zero-order valence-corrected chi connectivity index (χ0v) is 7.49. The van der Waals surface area contributed by atoms with Crippen molar-refractivity contribution in [2.24, 2.45) is 0 Å². The van der Waals surface area contributed by atoms with E-state index in [-0.39, 0.29) is 0 Å². The van der Waals surface area contributed by atoms with Crippen LogP contribution in [0.5, 0.6) is 0 Å². The second-order valence-electron chi connectivity index (χ2n) is 4.17. The molecule has 1 saturated carbocycles. The fourth-order valence-corrected chi connectivity index (χ4v) is 3.06. The SMILES string of the molecule is O=Cc1cccc2c1C1CCC2C1. The molecule has 0 spiro atoms. The molecule has 3 rings (SSSR count). The smallest absolute Gasteiger partial charge is 0.150 e. The van der Waals surface area contributed by atoms with Crippen LogP contribution < -0.4 is 0 Å². The Kier molecular flexibility index (Phi) is 1.37. The number of aldehydes is 1. The third-order valence-corrected chi connectivity index (χ3v) is 3.58. The van der Waals surface area contributed by atoms with Crippen LogP contribution in [0, 0.1) is 0 Å². The van der Waals surface area contributed by atoms with Crippen LogP contribution in [0.2, 0.25) is 0 Å². The van der Waals surface area contributed by atoms with E-state index in [1.165, 1.54) is 30.4 Å². The standard InChI is InChI=1S/C12H12O/c13-7-10-2-1-3-11-8-4-5-9(6-8)12(10)11/h1-3,7-9H,4-6H2. The summed E-state index contributed by atoms with van der Waals surface area (Å²) in [7, 11) is 0. The van der Waals surface area contributed by atoms with E-state index in [2.05, 4.69) is 6.07 Å². The number of carbonyl (C=O) groups is 1. The van der Waals surface area contributed by atoms with E-state index in [9.17, 15) is 4.79 Å². The minimum Gasteiger partial charge on any atom is -0.298 e. The van der Waals surface area contributed by atoms with Crippen LogP contribution in [0.3, 0.4) is 0 Å². The molecule has 13 heavy (non-hydrogen) atoms. The molecule has 1 aromatic carbocycles. The largest absolute Gasteiger partial charge is 0.298 e. The van der Waals surface area contributed by atoms with E-state index in [0.717, 1.165) is 17.8 Å². The highest BCUT2D eigenvalue weighted by atomic mass is 16.1. The predicted octanol–water partition coefficient (Wildman–Crippen LogP) is 2.86. The highest BCUT2D eigenvalue weighted by Crippen LogP contribution is 2.53. The first-order valence-corrected chi connectivity index (χ1v) is 4.98. The van der Waals surface area contributed by atoms with Crippen molar-refractivity contribution < 1.29 is 4.79 Å². The van der Waals surface area contributed by atoms with Crippen molar-refractivity contribution in [2.75, 3.05) is 0 Å². The van der Waals surface area contributed by atoms with Gasteiger partial charge in [-0.3, -0.25) is 4.79 Å². The van der Waals surface area contributed by atoms with Gasteiger partial charge in [0.05, 0.1) is 0 Å². The summed E-state index contributed by atoms with van der Waals surface area (Å²) in [6.45, 7) is 0. The summed E-state index contributed by atoms with van der Waals surface area (Å²) in [4.78, 5) is 10.8. The summed E-state index contributed by atoms with van der Waals surface area (Å²) in [5.41, 5.74) is 3.76. The molecule has 2 aliphatic rings. The number of fused-ring (bicyclic) bond motifs is 5. The van der Waals surface area contributed by atoms with Crippen LogP contribution in [0.4, 0.5) is 0 Å².